The van der Waals surface area contributed by atoms with E-state index >= 15 is 0 Å². The highest BCUT2D eigenvalue weighted by Crippen LogP contribution is 2.31. The molecular weight excluding hydrogens is 307 g/mol. The number of benzene rings is 1. The molecule has 1 heterocycles. The molecule has 0 bridgehead atoms. The molecule has 0 spiro atoms. The molecule has 1 aliphatic rings. The van der Waals surface area contributed by atoms with E-state index < -0.39 is 11.7 Å². The molecule has 124 valence electrons. The number of rotatable bonds is 4. The van der Waals surface area contributed by atoms with Crippen LogP contribution >= 0.6 is 0 Å². The van der Waals surface area contributed by atoms with Gasteiger partial charge < -0.3 is 15.1 Å². The number of anilines is 1. The largest absolute Gasteiger partial charge is 0.416 e. The third-order valence-electron chi connectivity index (χ3n) is 3.81. The Morgan fingerprint density at radius 1 is 1.35 bits per heavy atom. The highest BCUT2D eigenvalue weighted by molar-refractivity contribution is 5.77. The van der Waals surface area contributed by atoms with Crippen LogP contribution < -0.4 is 15.1 Å². The van der Waals surface area contributed by atoms with Gasteiger partial charge in [0, 0.05) is 5.69 Å². The number of terminal acetylenes is 1. The molecule has 0 atom stereocenters. The van der Waals surface area contributed by atoms with Gasteiger partial charge in [0.25, 0.3) is 5.91 Å². The van der Waals surface area contributed by atoms with E-state index in [-0.39, 0.29) is 12.5 Å². The lowest BCUT2D eigenvalue weighted by molar-refractivity contribution is -0.892. The third-order valence-corrected chi connectivity index (χ3v) is 3.81. The summed E-state index contributed by atoms with van der Waals surface area (Å²) in [5.41, 5.74) is -0.0749. The van der Waals surface area contributed by atoms with E-state index in [9.17, 15) is 18.0 Å². The summed E-state index contributed by atoms with van der Waals surface area (Å²) in [7, 11) is 0. The molecule has 23 heavy (non-hydrogen) atoms. The number of piperazine rings is 1. The summed E-state index contributed by atoms with van der Waals surface area (Å²) in [6, 6.07) is 5.34. The van der Waals surface area contributed by atoms with Gasteiger partial charge in [-0.15, -0.1) is 6.42 Å². The lowest BCUT2D eigenvalue weighted by Crippen LogP contribution is -3.15. The first-order valence-electron chi connectivity index (χ1n) is 7.36. The number of alkyl halides is 3. The van der Waals surface area contributed by atoms with Crippen molar-refractivity contribution in [2.24, 2.45) is 0 Å². The van der Waals surface area contributed by atoms with E-state index in [1.54, 1.807) is 6.07 Å². The van der Waals surface area contributed by atoms with E-state index in [0.29, 0.717) is 38.4 Å². The molecule has 2 rings (SSSR count). The molecule has 1 amide bonds. The fourth-order valence-corrected chi connectivity index (χ4v) is 2.58. The first kappa shape index (κ1) is 17.2. The summed E-state index contributed by atoms with van der Waals surface area (Å²) in [5.74, 6) is 2.23. The Hall–Kier alpha value is -2.20. The highest BCUT2D eigenvalue weighted by Gasteiger charge is 2.31. The zero-order valence-corrected chi connectivity index (χ0v) is 12.6. The number of carbonyl (C=O) groups is 1. The summed E-state index contributed by atoms with van der Waals surface area (Å²) in [4.78, 5) is 14.6. The van der Waals surface area contributed by atoms with E-state index in [1.807, 2.05) is 4.90 Å². The van der Waals surface area contributed by atoms with Crippen molar-refractivity contribution in [3.63, 3.8) is 0 Å². The minimum absolute atomic E-state index is 0.106. The first-order chi connectivity index (χ1) is 10.9. The molecule has 1 aromatic rings. The van der Waals surface area contributed by atoms with Crippen LogP contribution in [0.4, 0.5) is 18.9 Å². The van der Waals surface area contributed by atoms with Crippen LogP contribution in [-0.4, -0.2) is 45.2 Å². The van der Waals surface area contributed by atoms with Gasteiger partial charge in [-0.05, 0) is 18.2 Å². The number of nitrogens with one attached hydrogen (secondary N) is 2. The van der Waals surface area contributed by atoms with Crippen LogP contribution in [0, 0.1) is 12.3 Å². The van der Waals surface area contributed by atoms with Crippen LogP contribution in [0.2, 0.25) is 0 Å². The zero-order valence-electron chi connectivity index (χ0n) is 12.6. The van der Waals surface area contributed by atoms with Crippen molar-refractivity contribution in [3.05, 3.63) is 29.8 Å². The second-order valence-electron chi connectivity index (χ2n) is 5.44. The fourth-order valence-electron chi connectivity index (χ4n) is 2.58. The van der Waals surface area contributed by atoms with E-state index in [1.165, 1.54) is 12.1 Å². The Morgan fingerprint density at radius 3 is 2.65 bits per heavy atom. The fraction of sp³-hybridized carbons (Fsp3) is 0.438. The predicted molar refractivity (Wildman–Crippen MR) is 81.1 cm³/mol. The van der Waals surface area contributed by atoms with Crippen molar-refractivity contribution < 1.29 is 22.9 Å². The standard InChI is InChI=1S/C16H18F3N3O/c1-2-6-20-15(23)12-21-7-9-22(10-8-21)14-5-3-4-13(11-14)16(17,18)19/h1,3-5,11H,6-10,12H2,(H,20,23)/p+1. The van der Waals surface area contributed by atoms with Crippen molar-refractivity contribution in [3.8, 4) is 12.3 Å². The zero-order chi connectivity index (χ0) is 16.9. The van der Waals surface area contributed by atoms with Crippen LogP contribution in [0.1, 0.15) is 5.56 Å². The van der Waals surface area contributed by atoms with Gasteiger partial charge in [-0.2, -0.15) is 13.2 Å². The minimum Gasteiger partial charge on any atom is -0.360 e. The smallest absolute Gasteiger partial charge is 0.360 e. The van der Waals surface area contributed by atoms with Crippen LogP contribution in [-0.2, 0) is 11.0 Å². The Balaban J connectivity index is 1.90. The van der Waals surface area contributed by atoms with Crippen molar-refractivity contribution in [2.75, 3.05) is 44.2 Å². The Kier molecular flexibility index (Phi) is 5.50. The molecule has 4 nitrogen and oxygen atoms in total. The molecule has 0 radical (unpaired) electrons. The van der Waals surface area contributed by atoms with Gasteiger partial charge in [0.2, 0.25) is 0 Å². The second kappa shape index (κ2) is 7.38. The number of halogens is 3. The Labute approximate surface area is 133 Å². The quantitative estimate of drug-likeness (QED) is 0.774. The van der Waals surface area contributed by atoms with Crippen LogP contribution in [0.5, 0.6) is 0 Å². The molecule has 0 unspecified atom stereocenters. The maximum Gasteiger partial charge on any atom is 0.416 e. The van der Waals surface area contributed by atoms with Gasteiger partial charge in [0.1, 0.15) is 0 Å². The molecule has 1 fully saturated rings. The number of nitrogens with zero attached hydrogens (tertiary/aromatic N) is 1. The molecule has 0 aromatic heterocycles. The van der Waals surface area contributed by atoms with Crippen molar-refractivity contribution in [1.29, 1.82) is 0 Å². The van der Waals surface area contributed by atoms with Gasteiger partial charge in [-0.25, -0.2) is 0 Å². The lowest BCUT2D eigenvalue weighted by Gasteiger charge is -2.33. The topological polar surface area (TPSA) is 36.8 Å². The van der Waals surface area contributed by atoms with Crippen LogP contribution in [0.15, 0.2) is 24.3 Å². The summed E-state index contributed by atoms with van der Waals surface area (Å²) in [5, 5.41) is 2.61. The Bertz CT molecular complexity index is 587. The average Bonchev–Trinajstić information content (AvgIpc) is 2.53. The molecular formula is C16H19F3N3O+. The number of quaternary nitrogens is 1. The number of amides is 1. The molecule has 0 aliphatic carbocycles. The normalized spacial score (nSPS) is 16.0. The SMILES string of the molecule is C#CCNC(=O)C[NH+]1CCN(c2cccc(C(F)(F)F)c2)CC1. The number of hydrogen-bond acceptors (Lipinski definition) is 2. The van der Waals surface area contributed by atoms with Crippen LogP contribution in [0.3, 0.4) is 0 Å². The van der Waals surface area contributed by atoms with Crippen molar-refractivity contribution >= 4 is 11.6 Å². The van der Waals surface area contributed by atoms with Gasteiger partial charge in [0.15, 0.2) is 6.54 Å². The van der Waals surface area contributed by atoms with Gasteiger partial charge >= 0.3 is 6.18 Å². The lowest BCUT2D eigenvalue weighted by atomic mass is 10.1. The van der Waals surface area contributed by atoms with E-state index in [0.717, 1.165) is 11.0 Å². The maximum absolute atomic E-state index is 12.8. The average molecular weight is 326 g/mol. The molecule has 2 N–H and O–H groups in total. The monoisotopic (exact) mass is 326 g/mol. The second-order valence-corrected chi connectivity index (χ2v) is 5.44. The first-order valence-corrected chi connectivity index (χ1v) is 7.36. The van der Waals surface area contributed by atoms with Gasteiger partial charge in [0.05, 0.1) is 38.3 Å². The molecule has 1 saturated heterocycles. The summed E-state index contributed by atoms with van der Waals surface area (Å²) < 4.78 is 38.3. The highest BCUT2D eigenvalue weighted by atomic mass is 19.4. The van der Waals surface area contributed by atoms with Crippen molar-refractivity contribution in [1.82, 2.24) is 5.32 Å². The molecule has 1 aliphatic heterocycles. The predicted octanol–water partition coefficient (Wildman–Crippen LogP) is 0.160. The summed E-state index contributed by atoms with van der Waals surface area (Å²) >= 11 is 0. The third kappa shape index (κ3) is 4.89. The number of carbonyl (C=O) groups excluding carboxylic acids is 1. The maximum atomic E-state index is 12.8. The van der Waals surface area contributed by atoms with Crippen molar-refractivity contribution in [2.45, 2.75) is 6.18 Å². The molecule has 7 heteroatoms. The van der Waals surface area contributed by atoms with E-state index in [4.69, 9.17) is 6.42 Å². The van der Waals surface area contributed by atoms with Gasteiger partial charge in [-0.3, -0.25) is 4.79 Å². The molecule has 1 aromatic carbocycles. The summed E-state index contributed by atoms with van der Waals surface area (Å²) in [6.07, 6.45) is 0.742. The number of hydrogen-bond donors (Lipinski definition) is 2. The minimum atomic E-state index is -4.34. The van der Waals surface area contributed by atoms with Crippen LogP contribution in [0.25, 0.3) is 0 Å². The molecule has 0 saturated carbocycles. The Morgan fingerprint density at radius 2 is 2.04 bits per heavy atom. The summed E-state index contributed by atoms with van der Waals surface area (Å²) in [6.45, 7) is 3.15. The van der Waals surface area contributed by atoms with E-state index in [2.05, 4.69) is 11.2 Å². The van der Waals surface area contributed by atoms with Gasteiger partial charge in [-0.1, -0.05) is 12.0 Å².